The fraction of sp³-hybridized carbons (Fsp3) is 0.353. The van der Waals surface area contributed by atoms with Gasteiger partial charge in [-0.2, -0.15) is 5.10 Å². The molecular weight excluding hydrogens is 304 g/mol. The monoisotopic (exact) mass is 324 g/mol. The molecule has 2 N–H and O–H groups in total. The molecule has 1 aromatic carbocycles. The van der Waals surface area contributed by atoms with Gasteiger partial charge >= 0.3 is 0 Å². The summed E-state index contributed by atoms with van der Waals surface area (Å²) in [5, 5.41) is 13.0. The molecule has 0 bridgehead atoms. The third kappa shape index (κ3) is 2.56. The summed E-state index contributed by atoms with van der Waals surface area (Å²) < 4.78 is 9.53. The number of para-hydroxylation sites is 1. The summed E-state index contributed by atoms with van der Waals surface area (Å²) in [4.78, 5) is 0. The Morgan fingerprint density at radius 3 is 2.83 bits per heavy atom. The van der Waals surface area contributed by atoms with Crippen LogP contribution in [0.15, 0.2) is 36.5 Å². The van der Waals surface area contributed by atoms with Gasteiger partial charge < -0.3 is 15.0 Å². The number of aromatic nitrogens is 5. The van der Waals surface area contributed by atoms with Gasteiger partial charge in [0.15, 0.2) is 5.82 Å². The Bertz CT molecular complexity index is 832. The maximum atomic E-state index is 6.34. The highest BCUT2D eigenvalue weighted by molar-refractivity contribution is 5.69. The fourth-order valence-electron chi connectivity index (χ4n) is 3.10. The standard InChI is InChI=1S/C17H20N6O/c1-12-20-21-17(22(12)11-14-8-5-9-24-14)15-10-19-23(16(15)18)13-6-3-2-4-7-13/h2-4,6-7,10,14H,5,8-9,11,18H2,1H3/t14-/m1/s1. The number of ether oxygens (including phenoxy) is 1. The van der Waals surface area contributed by atoms with Crippen LogP contribution < -0.4 is 5.73 Å². The first-order chi connectivity index (χ1) is 11.7. The van der Waals surface area contributed by atoms with Gasteiger partial charge in [-0.1, -0.05) is 18.2 Å². The van der Waals surface area contributed by atoms with Gasteiger partial charge in [0, 0.05) is 6.61 Å². The Labute approximate surface area is 140 Å². The summed E-state index contributed by atoms with van der Waals surface area (Å²) in [5.41, 5.74) is 8.05. The smallest absolute Gasteiger partial charge is 0.169 e. The summed E-state index contributed by atoms with van der Waals surface area (Å²) in [6.45, 7) is 3.52. The molecule has 0 spiro atoms. The average molecular weight is 324 g/mol. The first-order valence-electron chi connectivity index (χ1n) is 8.14. The molecule has 2 aromatic heterocycles. The molecule has 1 aliphatic heterocycles. The van der Waals surface area contributed by atoms with Crippen molar-refractivity contribution in [1.82, 2.24) is 24.5 Å². The molecule has 124 valence electrons. The van der Waals surface area contributed by atoms with Gasteiger partial charge in [-0.05, 0) is 31.9 Å². The van der Waals surface area contributed by atoms with Gasteiger partial charge in [-0.15, -0.1) is 10.2 Å². The fourth-order valence-corrected chi connectivity index (χ4v) is 3.10. The summed E-state index contributed by atoms with van der Waals surface area (Å²) in [5.74, 6) is 2.15. The lowest BCUT2D eigenvalue weighted by Crippen LogP contribution is -2.17. The molecule has 1 aliphatic rings. The summed E-state index contributed by atoms with van der Waals surface area (Å²) in [6, 6.07) is 9.82. The van der Waals surface area contributed by atoms with Crippen LogP contribution in [-0.4, -0.2) is 37.3 Å². The van der Waals surface area contributed by atoms with E-state index in [2.05, 4.69) is 19.9 Å². The number of nitrogen functional groups attached to an aromatic ring is 1. The normalized spacial score (nSPS) is 17.5. The van der Waals surface area contributed by atoms with E-state index in [9.17, 15) is 0 Å². The molecule has 0 radical (unpaired) electrons. The van der Waals surface area contributed by atoms with E-state index < -0.39 is 0 Å². The van der Waals surface area contributed by atoms with E-state index in [1.807, 2.05) is 37.3 Å². The van der Waals surface area contributed by atoms with Crippen LogP contribution in [0.3, 0.4) is 0 Å². The Morgan fingerprint density at radius 1 is 1.25 bits per heavy atom. The third-order valence-corrected chi connectivity index (χ3v) is 4.39. The molecule has 0 unspecified atom stereocenters. The highest BCUT2D eigenvalue weighted by Gasteiger charge is 2.22. The lowest BCUT2D eigenvalue weighted by atomic mass is 10.2. The summed E-state index contributed by atoms with van der Waals surface area (Å²) in [6.07, 6.45) is 4.13. The van der Waals surface area contributed by atoms with E-state index in [0.717, 1.165) is 48.9 Å². The zero-order chi connectivity index (χ0) is 16.5. The van der Waals surface area contributed by atoms with Crippen LogP contribution in [0.25, 0.3) is 17.1 Å². The van der Waals surface area contributed by atoms with Gasteiger partial charge in [0.25, 0.3) is 0 Å². The van der Waals surface area contributed by atoms with Crippen molar-refractivity contribution in [3.63, 3.8) is 0 Å². The maximum absolute atomic E-state index is 6.34. The van der Waals surface area contributed by atoms with Crippen molar-refractivity contribution in [3.8, 4) is 17.1 Å². The minimum atomic E-state index is 0.212. The van der Waals surface area contributed by atoms with Gasteiger partial charge in [0.1, 0.15) is 11.6 Å². The van der Waals surface area contributed by atoms with Gasteiger partial charge in [0.2, 0.25) is 0 Å². The largest absolute Gasteiger partial charge is 0.383 e. The summed E-state index contributed by atoms with van der Waals surface area (Å²) >= 11 is 0. The molecule has 7 nitrogen and oxygen atoms in total. The molecule has 1 saturated heterocycles. The number of aryl methyl sites for hydroxylation is 1. The second kappa shape index (κ2) is 6.09. The Hall–Kier alpha value is -2.67. The zero-order valence-electron chi connectivity index (χ0n) is 13.6. The highest BCUT2D eigenvalue weighted by atomic mass is 16.5. The van der Waals surface area contributed by atoms with Crippen LogP contribution in [0.1, 0.15) is 18.7 Å². The van der Waals surface area contributed by atoms with Gasteiger partial charge in [-0.3, -0.25) is 0 Å². The molecular formula is C17H20N6O. The predicted molar refractivity (Wildman–Crippen MR) is 90.7 cm³/mol. The van der Waals surface area contributed by atoms with Crippen molar-refractivity contribution in [2.45, 2.75) is 32.4 Å². The molecule has 1 atom stereocenters. The molecule has 0 aliphatic carbocycles. The second-order valence-corrected chi connectivity index (χ2v) is 6.01. The number of hydrogen-bond acceptors (Lipinski definition) is 5. The molecule has 0 amide bonds. The average Bonchev–Trinajstić information content (AvgIpc) is 3.32. The maximum Gasteiger partial charge on any atom is 0.169 e. The Balaban J connectivity index is 1.71. The van der Waals surface area contributed by atoms with Crippen LogP contribution in [-0.2, 0) is 11.3 Å². The molecule has 3 heterocycles. The Morgan fingerprint density at radius 2 is 2.08 bits per heavy atom. The minimum absolute atomic E-state index is 0.212. The van der Waals surface area contributed by atoms with Crippen molar-refractivity contribution in [2.75, 3.05) is 12.3 Å². The molecule has 1 fully saturated rings. The molecule has 24 heavy (non-hydrogen) atoms. The SMILES string of the molecule is Cc1nnc(-c2cnn(-c3ccccc3)c2N)n1C[C@H]1CCCO1. The van der Waals surface area contributed by atoms with Crippen molar-refractivity contribution in [1.29, 1.82) is 0 Å². The minimum Gasteiger partial charge on any atom is -0.383 e. The Kier molecular flexibility index (Phi) is 3.78. The van der Waals surface area contributed by atoms with Crippen LogP contribution in [0, 0.1) is 6.92 Å². The number of nitrogens with two attached hydrogens (primary N) is 1. The van der Waals surface area contributed by atoms with Gasteiger partial charge in [0.05, 0.1) is 30.1 Å². The van der Waals surface area contributed by atoms with Crippen molar-refractivity contribution in [3.05, 3.63) is 42.4 Å². The number of hydrogen-bond donors (Lipinski definition) is 1. The van der Waals surface area contributed by atoms with E-state index in [0.29, 0.717) is 5.82 Å². The third-order valence-electron chi connectivity index (χ3n) is 4.39. The first-order valence-corrected chi connectivity index (χ1v) is 8.14. The molecule has 0 saturated carbocycles. The van der Waals surface area contributed by atoms with Crippen LogP contribution in [0.4, 0.5) is 5.82 Å². The highest BCUT2D eigenvalue weighted by Crippen LogP contribution is 2.28. The van der Waals surface area contributed by atoms with Crippen molar-refractivity contribution >= 4 is 5.82 Å². The first kappa shape index (κ1) is 14.9. The lowest BCUT2D eigenvalue weighted by molar-refractivity contribution is 0.0968. The van der Waals surface area contributed by atoms with Crippen LogP contribution >= 0.6 is 0 Å². The van der Waals surface area contributed by atoms with E-state index in [-0.39, 0.29) is 6.10 Å². The number of benzene rings is 1. The quantitative estimate of drug-likeness (QED) is 0.795. The number of nitrogens with zero attached hydrogens (tertiary/aromatic N) is 5. The van der Waals surface area contributed by atoms with E-state index in [1.165, 1.54) is 0 Å². The van der Waals surface area contributed by atoms with Crippen LogP contribution in [0.2, 0.25) is 0 Å². The second-order valence-electron chi connectivity index (χ2n) is 6.01. The molecule has 7 heteroatoms. The lowest BCUT2D eigenvalue weighted by Gasteiger charge is -2.13. The summed E-state index contributed by atoms with van der Waals surface area (Å²) in [7, 11) is 0. The van der Waals surface area contributed by atoms with E-state index in [4.69, 9.17) is 10.5 Å². The number of rotatable bonds is 4. The topological polar surface area (TPSA) is 83.8 Å². The van der Waals surface area contributed by atoms with Gasteiger partial charge in [-0.25, -0.2) is 4.68 Å². The van der Waals surface area contributed by atoms with E-state index in [1.54, 1.807) is 10.9 Å². The van der Waals surface area contributed by atoms with E-state index >= 15 is 0 Å². The van der Waals surface area contributed by atoms with Crippen LogP contribution in [0.5, 0.6) is 0 Å². The number of anilines is 1. The predicted octanol–water partition coefficient (Wildman–Crippen LogP) is 2.20. The zero-order valence-corrected chi connectivity index (χ0v) is 13.6. The van der Waals surface area contributed by atoms with Crippen molar-refractivity contribution < 1.29 is 4.74 Å². The molecule has 4 rings (SSSR count). The van der Waals surface area contributed by atoms with Crippen molar-refractivity contribution in [2.24, 2.45) is 0 Å². The molecule has 3 aromatic rings.